The number of ketones is 1. The van der Waals surface area contributed by atoms with Gasteiger partial charge in [-0.3, -0.25) is 9.59 Å². The van der Waals surface area contributed by atoms with Crippen molar-refractivity contribution in [3.8, 4) is 17.2 Å². The van der Waals surface area contributed by atoms with E-state index < -0.39 is 5.97 Å². The molecule has 0 amide bonds. The molecule has 0 radical (unpaired) electrons. The molecule has 30 heavy (non-hydrogen) atoms. The lowest BCUT2D eigenvalue weighted by molar-refractivity contribution is -0.143. The minimum Gasteiger partial charge on any atom is -0.497 e. The van der Waals surface area contributed by atoms with Crippen LogP contribution < -0.4 is 9.47 Å². The molecule has 0 spiro atoms. The normalized spacial score (nSPS) is 10.5. The molecule has 3 aromatic rings. The molecule has 6 nitrogen and oxygen atoms in total. The Hall–Kier alpha value is -3.54. The number of benzene rings is 2. The summed E-state index contributed by atoms with van der Waals surface area (Å²) in [5, 5.41) is 0. The van der Waals surface area contributed by atoms with Crippen molar-refractivity contribution >= 4 is 11.8 Å². The second-order valence-corrected chi connectivity index (χ2v) is 6.81. The van der Waals surface area contributed by atoms with Gasteiger partial charge < -0.3 is 18.8 Å². The molecule has 0 aliphatic rings. The highest BCUT2D eigenvalue weighted by molar-refractivity contribution is 5.99. The monoisotopic (exact) mass is 407 g/mol. The lowest BCUT2D eigenvalue weighted by Crippen LogP contribution is -2.16. The lowest BCUT2D eigenvalue weighted by atomic mass is 10.1. The third kappa shape index (κ3) is 5.08. The van der Waals surface area contributed by atoms with E-state index in [9.17, 15) is 9.59 Å². The molecule has 2 aromatic carbocycles. The summed E-state index contributed by atoms with van der Waals surface area (Å²) in [4.78, 5) is 24.6. The van der Waals surface area contributed by atoms with E-state index >= 15 is 0 Å². The van der Waals surface area contributed by atoms with E-state index in [2.05, 4.69) is 0 Å². The van der Waals surface area contributed by atoms with Crippen LogP contribution >= 0.6 is 0 Å². The largest absolute Gasteiger partial charge is 0.497 e. The third-order valence-electron chi connectivity index (χ3n) is 4.74. The van der Waals surface area contributed by atoms with E-state index in [0.717, 1.165) is 22.8 Å². The quantitative estimate of drug-likeness (QED) is 0.391. The van der Waals surface area contributed by atoms with E-state index in [1.165, 1.54) is 0 Å². The summed E-state index contributed by atoms with van der Waals surface area (Å²) >= 11 is 0. The standard InChI is InChI=1S/C24H25NO5/c1-17-15-22(18(2)25(17)19-9-11-20(28-3)12-10-19)23(26)16-30-24(27)13-14-29-21-7-5-4-6-8-21/h4-12,15H,13-14,16H2,1-3H3. The highest BCUT2D eigenvalue weighted by atomic mass is 16.5. The van der Waals surface area contributed by atoms with Crippen molar-refractivity contribution in [2.45, 2.75) is 20.3 Å². The molecule has 156 valence electrons. The fourth-order valence-electron chi connectivity index (χ4n) is 3.24. The zero-order valence-corrected chi connectivity index (χ0v) is 17.4. The van der Waals surface area contributed by atoms with Crippen LogP contribution in [0.25, 0.3) is 5.69 Å². The van der Waals surface area contributed by atoms with Crippen LogP contribution in [0.5, 0.6) is 11.5 Å². The number of rotatable bonds is 9. The molecule has 0 unspecified atom stereocenters. The number of aryl methyl sites for hydroxylation is 1. The molecule has 6 heteroatoms. The molecular weight excluding hydrogens is 382 g/mol. The van der Waals surface area contributed by atoms with Crippen molar-refractivity contribution in [2.24, 2.45) is 0 Å². The number of aromatic nitrogens is 1. The number of carbonyl (C=O) groups is 2. The van der Waals surface area contributed by atoms with Gasteiger partial charge in [-0.25, -0.2) is 0 Å². The second kappa shape index (κ2) is 9.78. The molecule has 0 bridgehead atoms. The van der Waals surface area contributed by atoms with Gasteiger partial charge in [0.1, 0.15) is 11.5 Å². The topological polar surface area (TPSA) is 66.8 Å². The van der Waals surface area contributed by atoms with Crippen LogP contribution in [0.3, 0.4) is 0 Å². The second-order valence-electron chi connectivity index (χ2n) is 6.81. The number of hydrogen-bond acceptors (Lipinski definition) is 5. The summed E-state index contributed by atoms with van der Waals surface area (Å²) in [6, 6.07) is 18.6. The van der Waals surface area contributed by atoms with E-state index in [4.69, 9.17) is 14.2 Å². The Morgan fingerprint density at radius 1 is 0.933 bits per heavy atom. The minimum atomic E-state index is -0.469. The van der Waals surface area contributed by atoms with Crippen molar-refractivity contribution in [1.82, 2.24) is 4.57 Å². The molecule has 0 atom stereocenters. The number of hydrogen-bond donors (Lipinski definition) is 0. The minimum absolute atomic E-state index is 0.0764. The lowest BCUT2D eigenvalue weighted by Gasteiger charge is -2.11. The first kappa shape index (κ1) is 21.2. The fourth-order valence-corrected chi connectivity index (χ4v) is 3.24. The highest BCUT2D eigenvalue weighted by Crippen LogP contribution is 2.23. The van der Waals surface area contributed by atoms with E-state index in [1.54, 1.807) is 7.11 Å². The van der Waals surface area contributed by atoms with Crippen molar-refractivity contribution in [3.63, 3.8) is 0 Å². The SMILES string of the molecule is COc1ccc(-n2c(C)cc(C(=O)COC(=O)CCOc3ccccc3)c2C)cc1. The number of nitrogens with zero attached hydrogens (tertiary/aromatic N) is 1. The Morgan fingerprint density at radius 3 is 2.30 bits per heavy atom. The Morgan fingerprint density at radius 2 is 1.63 bits per heavy atom. The number of ether oxygens (including phenoxy) is 3. The number of para-hydroxylation sites is 1. The Labute approximate surface area is 176 Å². The van der Waals surface area contributed by atoms with Gasteiger partial charge in [0, 0.05) is 22.6 Å². The van der Waals surface area contributed by atoms with Crippen molar-refractivity contribution in [3.05, 3.63) is 77.6 Å². The van der Waals surface area contributed by atoms with E-state index in [1.807, 2.05) is 79.1 Å². The molecule has 1 aromatic heterocycles. The van der Waals surface area contributed by atoms with Gasteiger partial charge in [-0.2, -0.15) is 0 Å². The fraction of sp³-hybridized carbons (Fsp3) is 0.250. The van der Waals surface area contributed by atoms with E-state index in [-0.39, 0.29) is 25.4 Å². The Kier molecular flexibility index (Phi) is 6.91. The molecular formula is C24H25NO5. The van der Waals surface area contributed by atoms with Gasteiger partial charge in [-0.05, 0) is 56.3 Å². The molecule has 0 aliphatic carbocycles. The van der Waals surface area contributed by atoms with Gasteiger partial charge >= 0.3 is 5.97 Å². The summed E-state index contributed by atoms with van der Waals surface area (Å²) in [7, 11) is 1.62. The zero-order chi connectivity index (χ0) is 21.5. The maximum atomic E-state index is 12.6. The van der Waals surface area contributed by atoms with Crippen molar-refractivity contribution in [1.29, 1.82) is 0 Å². The Balaban J connectivity index is 1.57. The first-order chi connectivity index (χ1) is 14.5. The van der Waals surface area contributed by atoms with Gasteiger partial charge in [0.05, 0.1) is 20.1 Å². The van der Waals surface area contributed by atoms with Gasteiger partial charge in [0.2, 0.25) is 5.78 Å². The summed E-state index contributed by atoms with van der Waals surface area (Å²) < 4.78 is 17.8. The number of esters is 1. The zero-order valence-electron chi connectivity index (χ0n) is 17.4. The van der Waals surface area contributed by atoms with Gasteiger partial charge in [0.15, 0.2) is 6.61 Å². The van der Waals surface area contributed by atoms with Crippen LogP contribution in [0.4, 0.5) is 0 Å². The maximum Gasteiger partial charge on any atom is 0.309 e. The van der Waals surface area contributed by atoms with Gasteiger partial charge in [-0.15, -0.1) is 0 Å². The molecule has 0 saturated carbocycles. The molecule has 0 aliphatic heterocycles. The van der Waals surface area contributed by atoms with Crippen LogP contribution in [0.15, 0.2) is 60.7 Å². The van der Waals surface area contributed by atoms with Crippen LogP contribution in [0, 0.1) is 13.8 Å². The molecule has 1 heterocycles. The summed E-state index contributed by atoms with van der Waals surface area (Å²) in [5.41, 5.74) is 3.19. The van der Waals surface area contributed by atoms with Crippen LogP contribution in [-0.4, -0.2) is 36.6 Å². The number of methoxy groups -OCH3 is 1. The number of Topliss-reactive ketones (excluding diaryl/α,β-unsaturated/α-hetero) is 1. The summed E-state index contributed by atoms with van der Waals surface area (Å²) in [5.74, 6) is 0.747. The predicted molar refractivity (Wildman–Crippen MR) is 114 cm³/mol. The molecule has 0 N–H and O–H groups in total. The maximum absolute atomic E-state index is 12.6. The van der Waals surface area contributed by atoms with Crippen molar-refractivity contribution < 1.29 is 23.8 Å². The van der Waals surface area contributed by atoms with E-state index in [0.29, 0.717) is 11.3 Å². The first-order valence-corrected chi connectivity index (χ1v) is 9.69. The van der Waals surface area contributed by atoms with Gasteiger partial charge in [0.25, 0.3) is 0 Å². The summed E-state index contributed by atoms with van der Waals surface area (Å²) in [6.07, 6.45) is 0.0764. The smallest absolute Gasteiger partial charge is 0.309 e. The molecule has 0 fully saturated rings. The molecule has 3 rings (SSSR count). The van der Waals surface area contributed by atoms with Crippen LogP contribution in [0.1, 0.15) is 28.2 Å². The van der Waals surface area contributed by atoms with Crippen molar-refractivity contribution in [2.75, 3.05) is 20.3 Å². The first-order valence-electron chi connectivity index (χ1n) is 9.69. The average Bonchev–Trinajstić information content (AvgIpc) is 3.07. The predicted octanol–water partition coefficient (Wildman–Crippen LogP) is 4.30. The average molecular weight is 407 g/mol. The highest BCUT2D eigenvalue weighted by Gasteiger charge is 2.18. The molecule has 0 saturated heterocycles. The third-order valence-corrected chi connectivity index (χ3v) is 4.74. The summed E-state index contributed by atoms with van der Waals surface area (Å²) in [6.45, 7) is 3.71. The van der Waals surface area contributed by atoms with Crippen LogP contribution in [-0.2, 0) is 9.53 Å². The number of carbonyl (C=O) groups excluding carboxylic acids is 2. The van der Waals surface area contributed by atoms with Crippen LogP contribution in [0.2, 0.25) is 0 Å². The Bertz CT molecular complexity index is 1010. The van der Waals surface area contributed by atoms with Gasteiger partial charge in [-0.1, -0.05) is 18.2 Å².